The van der Waals surface area contributed by atoms with Crippen molar-refractivity contribution in [3.05, 3.63) is 53.6 Å². The van der Waals surface area contributed by atoms with E-state index in [1.54, 1.807) is 0 Å². The summed E-state index contributed by atoms with van der Waals surface area (Å²) in [6, 6.07) is 8.85. The van der Waals surface area contributed by atoms with Crippen molar-refractivity contribution in [1.82, 2.24) is 9.55 Å². The molecule has 0 aliphatic rings. The van der Waals surface area contributed by atoms with E-state index in [0.29, 0.717) is 5.92 Å². The Hall–Kier alpha value is -1.61. The van der Waals surface area contributed by atoms with Gasteiger partial charge in [-0.25, -0.2) is 4.98 Å². The zero-order valence-electron chi connectivity index (χ0n) is 12.9. The van der Waals surface area contributed by atoms with E-state index in [4.69, 9.17) is 5.73 Å². The third kappa shape index (κ3) is 2.93. The van der Waals surface area contributed by atoms with E-state index < -0.39 is 0 Å². The Bertz CT molecular complexity index is 557. The molecule has 0 saturated heterocycles. The van der Waals surface area contributed by atoms with Gasteiger partial charge in [0.1, 0.15) is 5.82 Å². The van der Waals surface area contributed by atoms with Crippen molar-refractivity contribution >= 4 is 0 Å². The third-order valence-corrected chi connectivity index (χ3v) is 3.78. The van der Waals surface area contributed by atoms with E-state index in [1.165, 1.54) is 11.1 Å². The molecule has 1 aromatic heterocycles. The van der Waals surface area contributed by atoms with Crippen molar-refractivity contribution in [1.29, 1.82) is 0 Å². The van der Waals surface area contributed by atoms with Crippen LogP contribution in [0.1, 0.15) is 56.1 Å². The zero-order chi connectivity index (χ0) is 14.7. The molecule has 0 spiro atoms. The van der Waals surface area contributed by atoms with Gasteiger partial charge in [0.25, 0.3) is 0 Å². The standard InChI is InChI=1S/C17H25N3/c1-5-15(18)16(14-8-6-7-13(4)11-14)20-10-9-19-17(20)12(2)3/h6-12,15-16H,5,18H2,1-4H3. The maximum absolute atomic E-state index is 6.41. The minimum Gasteiger partial charge on any atom is -0.326 e. The van der Waals surface area contributed by atoms with Crippen molar-refractivity contribution in [3.63, 3.8) is 0 Å². The summed E-state index contributed by atoms with van der Waals surface area (Å²) in [6.07, 6.45) is 4.87. The lowest BCUT2D eigenvalue weighted by Crippen LogP contribution is -2.33. The summed E-state index contributed by atoms with van der Waals surface area (Å²) in [5.74, 6) is 1.49. The maximum Gasteiger partial charge on any atom is 0.111 e. The van der Waals surface area contributed by atoms with Crippen LogP contribution in [0.5, 0.6) is 0 Å². The van der Waals surface area contributed by atoms with E-state index in [0.717, 1.165) is 12.2 Å². The van der Waals surface area contributed by atoms with Gasteiger partial charge in [-0.1, -0.05) is 50.6 Å². The molecule has 3 heteroatoms. The number of rotatable bonds is 5. The van der Waals surface area contributed by atoms with E-state index >= 15 is 0 Å². The first-order valence-corrected chi connectivity index (χ1v) is 7.39. The number of hydrogen-bond donors (Lipinski definition) is 1. The SMILES string of the molecule is CCC(N)C(c1cccc(C)c1)n1ccnc1C(C)C. The molecule has 3 nitrogen and oxygen atoms in total. The highest BCUT2D eigenvalue weighted by Crippen LogP contribution is 2.27. The van der Waals surface area contributed by atoms with Gasteiger partial charge >= 0.3 is 0 Å². The molecular formula is C17H25N3. The first-order chi connectivity index (χ1) is 9.54. The van der Waals surface area contributed by atoms with Gasteiger partial charge in [0.15, 0.2) is 0 Å². The zero-order valence-corrected chi connectivity index (χ0v) is 12.9. The van der Waals surface area contributed by atoms with Crippen LogP contribution >= 0.6 is 0 Å². The van der Waals surface area contributed by atoms with Crippen LogP contribution in [0.25, 0.3) is 0 Å². The smallest absolute Gasteiger partial charge is 0.111 e. The molecule has 2 aromatic rings. The number of aromatic nitrogens is 2. The molecule has 0 radical (unpaired) electrons. The molecule has 0 amide bonds. The maximum atomic E-state index is 6.41. The Morgan fingerprint density at radius 3 is 2.65 bits per heavy atom. The summed E-state index contributed by atoms with van der Waals surface area (Å²) in [5, 5.41) is 0. The molecule has 1 heterocycles. The quantitative estimate of drug-likeness (QED) is 0.902. The van der Waals surface area contributed by atoms with Crippen molar-refractivity contribution in [2.75, 3.05) is 0 Å². The van der Waals surface area contributed by atoms with Gasteiger partial charge in [-0.2, -0.15) is 0 Å². The lowest BCUT2D eigenvalue weighted by Gasteiger charge is -2.27. The Morgan fingerprint density at radius 2 is 2.05 bits per heavy atom. The molecule has 0 fully saturated rings. The fourth-order valence-corrected chi connectivity index (χ4v) is 2.70. The largest absolute Gasteiger partial charge is 0.326 e. The van der Waals surface area contributed by atoms with Crippen LogP contribution in [0.2, 0.25) is 0 Å². The molecule has 0 aliphatic carbocycles. The van der Waals surface area contributed by atoms with Crippen LogP contribution in [0.15, 0.2) is 36.7 Å². The van der Waals surface area contributed by atoms with Crippen molar-refractivity contribution in [2.45, 2.75) is 52.1 Å². The summed E-state index contributed by atoms with van der Waals surface area (Å²) < 4.78 is 2.24. The van der Waals surface area contributed by atoms with Crippen molar-refractivity contribution < 1.29 is 0 Å². The van der Waals surface area contributed by atoms with Crippen LogP contribution < -0.4 is 5.73 Å². The molecule has 2 atom stereocenters. The monoisotopic (exact) mass is 271 g/mol. The van der Waals surface area contributed by atoms with Crippen LogP contribution in [-0.4, -0.2) is 15.6 Å². The van der Waals surface area contributed by atoms with Gasteiger partial charge in [-0.3, -0.25) is 0 Å². The first-order valence-electron chi connectivity index (χ1n) is 7.39. The van der Waals surface area contributed by atoms with E-state index in [-0.39, 0.29) is 12.1 Å². The number of benzene rings is 1. The predicted molar refractivity (Wildman–Crippen MR) is 83.9 cm³/mol. The molecular weight excluding hydrogens is 246 g/mol. The molecule has 20 heavy (non-hydrogen) atoms. The van der Waals surface area contributed by atoms with Gasteiger partial charge < -0.3 is 10.3 Å². The van der Waals surface area contributed by atoms with Crippen LogP contribution in [0.4, 0.5) is 0 Å². The first kappa shape index (κ1) is 14.8. The Morgan fingerprint density at radius 1 is 1.30 bits per heavy atom. The summed E-state index contributed by atoms with van der Waals surface area (Å²) in [6.45, 7) is 8.60. The third-order valence-electron chi connectivity index (χ3n) is 3.78. The second-order valence-corrected chi connectivity index (χ2v) is 5.78. The molecule has 0 bridgehead atoms. The topological polar surface area (TPSA) is 43.8 Å². The Balaban J connectivity index is 2.50. The number of hydrogen-bond acceptors (Lipinski definition) is 2. The minimum atomic E-state index is 0.0866. The average Bonchev–Trinajstić information content (AvgIpc) is 2.88. The van der Waals surface area contributed by atoms with Crippen LogP contribution in [0.3, 0.4) is 0 Å². The second-order valence-electron chi connectivity index (χ2n) is 5.78. The molecule has 108 valence electrons. The molecule has 2 rings (SSSR count). The molecule has 0 saturated carbocycles. The van der Waals surface area contributed by atoms with Gasteiger partial charge in [-0.05, 0) is 18.9 Å². The predicted octanol–water partition coefficient (Wildman–Crippen LogP) is 3.64. The molecule has 1 aromatic carbocycles. The number of nitrogens with zero attached hydrogens (tertiary/aromatic N) is 2. The fraction of sp³-hybridized carbons (Fsp3) is 0.471. The summed E-state index contributed by atoms with van der Waals surface area (Å²) in [5.41, 5.74) is 8.94. The molecule has 2 N–H and O–H groups in total. The van der Waals surface area contributed by atoms with Crippen molar-refractivity contribution in [2.24, 2.45) is 5.73 Å². The second kappa shape index (κ2) is 6.23. The number of nitrogens with two attached hydrogens (primary N) is 1. The van der Waals surface area contributed by atoms with Crippen LogP contribution in [-0.2, 0) is 0 Å². The van der Waals surface area contributed by atoms with Gasteiger partial charge in [-0.15, -0.1) is 0 Å². The van der Waals surface area contributed by atoms with Crippen molar-refractivity contribution in [3.8, 4) is 0 Å². The Labute approximate surface area is 121 Å². The Kier molecular flexibility index (Phi) is 4.61. The average molecular weight is 271 g/mol. The number of aryl methyl sites for hydroxylation is 1. The van der Waals surface area contributed by atoms with E-state index in [1.807, 2.05) is 6.20 Å². The summed E-state index contributed by atoms with van der Waals surface area (Å²) in [7, 11) is 0. The molecule has 0 aliphatic heterocycles. The lowest BCUT2D eigenvalue weighted by atomic mass is 9.96. The van der Waals surface area contributed by atoms with E-state index in [9.17, 15) is 0 Å². The summed E-state index contributed by atoms with van der Waals surface area (Å²) >= 11 is 0. The normalized spacial score (nSPS) is 14.5. The summed E-state index contributed by atoms with van der Waals surface area (Å²) in [4.78, 5) is 4.51. The fourth-order valence-electron chi connectivity index (χ4n) is 2.70. The molecule has 2 unspecified atom stereocenters. The van der Waals surface area contributed by atoms with Gasteiger partial charge in [0.2, 0.25) is 0 Å². The lowest BCUT2D eigenvalue weighted by molar-refractivity contribution is 0.439. The van der Waals surface area contributed by atoms with Gasteiger partial charge in [0, 0.05) is 24.4 Å². The highest BCUT2D eigenvalue weighted by Gasteiger charge is 2.23. The van der Waals surface area contributed by atoms with Gasteiger partial charge in [0.05, 0.1) is 6.04 Å². The number of imidazole rings is 1. The van der Waals surface area contributed by atoms with Crippen LogP contribution in [0, 0.1) is 6.92 Å². The highest BCUT2D eigenvalue weighted by molar-refractivity contribution is 5.28. The van der Waals surface area contributed by atoms with E-state index in [2.05, 4.69) is 67.7 Å². The minimum absolute atomic E-state index is 0.0866. The highest BCUT2D eigenvalue weighted by atomic mass is 15.1.